The number of alkyl halides is 3. The van der Waals surface area contributed by atoms with Crippen molar-refractivity contribution in [1.29, 1.82) is 0 Å². The second-order valence-electron chi connectivity index (χ2n) is 7.05. The molecule has 1 heterocycles. The molecule has 0 spiro atoms. The highest BCUT2D eigenvalue weighted by molar-refractivity contribution is 14.0. The van der Waals surface area contributed by atoms with E-state index >= 15 is 0 Å². The molecule has 0 aliphatic heterocycles. The summed E-state index contributed by atoms with van der Waals surface area (Å²) in [4.78, 5) is 8.44. The summed E-state index contributed by atoms with van der Waals surface area (Å²) in [6, 6.07) is 3.09. The van der Waals surface area contributed by atoms with Gasteiger partial charge in [0.15, 0.2) is 12.6 Å². The first-order chi connectivity index (χ1) is 13.4. The van der Waals surface area contributed by atoms with E-state index in [0.29, 0.717) is 12.5 Å². The first kappa shape index (κ1) is 25.7. The molecule has 1 aromatic heterocycles. The third-order valence-electron chi connectivity index (χ3n) is 4.83. The Morgan fingerprint density at radius 2 is 2.03 bits per heavy atom. The Balaban J connectivity index is 0.00000420. The van der Waals surface area contributed by atoms with Crippen molar-refractivity contribution in [3.05, 3.63) is 23.9 Å². The topological polar surface area (TPSA) is 67.8 Å². The molecule has 0 bridgehead atoms. The molecule has 2 N–H and O–H groups in total. The summed E-state index contributed by atoms with van der Waals surface area (Å²) in [6.07, 6.45) is 1.74. The average molecular weight is 530 g/mol. The zero-order valence-electron chi connectivity index (χ0n) is 16.8. The summed E-state index contributed by atoms with van der Waals surface area (Å²) >= 11 is 0. The van der Waals surface area contributed by atoms with Gasteiger partial charge in [0, 0.05) is 39.1 Å². The molecular formula is C19H30F3IN4O2. The fourth-order valence-electron chi connectivity index (χ4n) is 3.04. The number of pyridine rings is 1. The Morgan fingerprint density at radius 1 is 1.28 bits per heavy atom. The Morgan fingerprint density at radius 3 is 2.55 bits per heavy atom. The third kappa shape index (κ3) is 9.37. The van der Waals surface area contributed by atoms with Gasteiger partial charge in [0.05, 0.1) is 6.54 Å². The number of nitrogens with one attached hydrogen (secondary N) is 2. The first-order valence-electron chi connectivity index (χ1n) is 9.51. The molecule has 1 aliphatic rings. The van der Waals surface area contributed by atoms with Crippen LogP contribution in [0.3, 0.4) is 0 Å². The van der Waals surface area contributed by atoms with E-state index in [1.165, 1.54) is 31.5 Å². The lowest BCUT2D eigenvalue weighted by Gasteiger charge is -2.42. The molecule has 1 fully saturated rings. The number of hydrogen-bond acceptors (Lipinski definition) is 4. The van der Waals surface area contributed by atoms with E-state index in [2.05, 4.69) is 25.3 Å². The highest BCUT2D eigenvalue weighted by atomic mass is 127. The van der Waals surface area contributed by atoms with Crippen LogP contribution in [0.2, 0.25) is 0 Å². The van der Waals surface area contributed by atoms with Gasteiger partial charge in [-0.25, -0.2) is 9.98 Å². The van der Waals surface area contributed by atoms with E-state index in [1.807, 2.05) is 6.92 Å². The predicted octanol–water partition coefficient (Wildman–Crippen LogP) is 3.90. The zero-order valence-corrected chi connectivity index (χ0v) is 19.2. The van der Waals surface area contributed by atoms with Crippen molar-refractivity contribution in [3.8, 4) is 5.88 Å². The van der Waals surface area contributed by atoms with Gasteiger partial charge in [-0.1, -0.05) is 12.5 Å². The fraction of sp³-hybridized carbons (Fsp3) is 0.684. The van der Waals surface area contributed by atoms with Crippen LogP contribution in [0.5, 0.6) is 5.88 Å². The van der Waals surface area contributed by atoms with Crippen molar-refractivity contribution in [3.63, 3.8) is 0 Å². The molecule has 1 aromatic rings. The largest absolute Gasteiger partial charge is 0.468 e. The van der Waals surface area contributed by atoms with E-state index < -0.39 is 12.8 Å². The maximum Gasteiger partial charge on any atom is 0.422 e. The van der Waals surface area contributed by atoms with Gasteiger partial charge in [-0.15, -0.1) is 24.0 Å². The average Bonchev–Trinajstić information content (AvgIpc) is 2.63. The number of ether oxygens (including phenoxy) is 2. The minimum atomic E-state index is -4.38. The molecule has 0 saturated heterocycles. The van der Waals surface area contributed by atoms with Crippen LogP contribution in [0.4, 0.5) is 13.2 Å². The fourth-order valence-corrected chi connectivity index (χ4v) is 3.04. The molecule has 0 unspecified atom stereocenters. The molecular weight excluding hydrogens is 500 g/mol. The van der Waals surface area contributed by atoms with Gasteiger partial charge in [0.2, 0.25) is 5.88 Å². The predicted molar refractivity (Wildman–Crippen MR) is 117 cm³/mol. The maximum atomic E-state index is 12.2. The molecule has 10 heteroatoms. The molecule has 0 amide bonds. The normalized spacial score (nSPS) is 15.8. The van der Waals surface area contributed by atoms with Crippen molar-refractivity contribution in [1.82, 2.24) is 15.6 Å². The van der Waals surface area contributed by atoms with Gasteiger partial charge < -0.3 is 20.1 Å². The van der Waals surface area contributed by atoms with Crippen LogP contribution in [-0.4, -0.2) is 50.5 Å². The SMILES string of the molecule is CCNC(=NCc1ccc(OCC(F)(F)F)nc1)NCC1(CCOC)CCC1.I. The second-order valence-corrected chi connectivity index (χ2v) is 7.05. The number of rotatable bonds is 10. The number of guanidine groups is 1. The van der Waals surface area contributed by atoms with Crippen LogP contribution < -0.4 is 15.4 Å². The number of hydrogen-bond donors (Lipinski definition) is 2. The van der Waals surface area contributed by atoms with Gasteiger partial charge in [0.1, 0.15) is 0 Å². The number of aliphatic imine (C=N–C) groups is 1. The lowest BCUT2D eigenvalue weighted by atomic mass is 9.67. The quantitative estimate of drug-likeness (QED) is 0.273. The zero-order chi connectivity index (χ0) is 20.5. The van der Waals surface area contributed by atoms with Crippen molar-refractivity contribution in [2.24, 2.45) is 10.4 Å². The molecule has 6 nitrogen and oxygen atoms in total. The van der Waals surface area contributed by atoms with E-state index in [1.54, 1.807) is 13.2 Å². The van der Waals surface area contributed by atoms with E-state index in [9.17, 15) is 13.2 Å². The molecule has 166 valence electrons. The molecule has 2 rings (SSSR count). The number of halogens is 4. The van der Waals surface area contributed by atoms with E-state index in [-0.39, 0.29) is 35.3 Å². The molecule has 1 saturated carbocycles. The van der Waals surface area contributed by atoms with Crippen LogP contribution in [0, 0.1) is 5.41 Å². The minimum Gasteiger partial charge on any atom is -0.468 e. The Kier molecular flexibility index (Phi) is 11.0. The highest BCUT2D eigenvalue weighted by Gasteiger charge is 2.36. The van der Waals surface area contributed by atoms with Crippen LogP contribution in [0.1, 0.15) is 38.2 Å². The van der Waals surface area contributed by atoms with Gasteiger partial charge in [-0.3, -0.25) is 0 Å². The van der Waals surface area contributed by atoms with Gasteiger partial charge in [-0.2, -0.15) is 13.2 Å². The number of aromatic nitrogens is 1. The summed E-state index contributed by atoms with van der Waals surface area (Å²) < 4.78 is 46.3. The Bertz CT molecular complexity index is 623. The third-order valence-corrected chi connectivity index (χ3v) is 4.83. The van der Waals surface area contributed by atoms with Crippen LogP contribution in [0.25, 0.3) is 0 Å². The molecule has 1 aliphatic carbocycles. The maximum absolute atomic E-state index is 12.2. The van der Waals surface area contributed by atoms with Crippen LogP contribution in [-0.2, 0) is 11.3 Å². The summed E-state index contributed by atoms with van der Waals surface area (Å²) in [5, 5.41) is 6.62. The van der Waals surface area contributed by atoms with Crippen molar-refractivity contribution < 1.29 is 22.6 Å². The molecule has 29 heavy (non-hydrogen) atoms. The van der Waals surface area contributed by atoms with Gasteiger partial charge in [0.25, 0.3) is 0 Å². The highest BCUT2D eigenvalue weighted by Crippen LogP contribution is 2.43. The van der Waals surface area contributed by atoms with E-state index in [4.69, 9.17) is 4.74 Å². The van der Waals surface area contributed by atoms with Crippen LogP contribution in [0.15, 0.2) is 23.3 Å². The summed E-state index contributed by atoms with van der Waals surface area (Å²) in [5.74, 6) is 0.656. The molecule has 0 atom stereocenters. The summed E-state index contributed by atoms with van der Waals surface area (Å²) in [6.45, 7) is 3.34. The summed E-state index contributed by atoms with van der Waals surface area (Å²) in [5.41, 5.74) is 1.06. The number of nitrogens with zero attached hydrogens (tertiary/aromatic N) is 2. The first-order valence-corrected chi connectivity index (χ1v) is 9.51. The lowest BCUT2D eigenvalue weighted by Crippen LogP contribution is -2.46. The van der Waals surface area contributed by atoms with Crippen molar-refractivity contribution >= 4 is 29.9 Å². The Hall–Kier alpha value is -1.30. The smallest absolute Gasteiger partial charge is 0.422 e. The van der Waals surface area contributed by atoms with Crippen LogP contribution >= 0.6 is 24.0 Å². The lowest BCUT2D eigenvalue weighted by molar-refractivity contribution is -0.154. The van der Waals surface area contributed by atoms with Crippen molar-refractivity contribution in [2.45, 2.75) is 45.3 Å². The molecule has 0 radical (unpaired) electrons. The minimum absolute atomic E-state index is 0. The van der Waals surface area contributed by atoms with Gasteiger partial charge in [-0.05, 0) is 37.2 Å². The second kappa shape index (κ2) is 12.4. The standard InChI is InChI=1S/C19H29F3N4O2.HI/c1-3-23-17(26-13-18(7-4-8-18)9-10-27-2)25-12-15-5-6-16(24-11-15)28-14-19(20,21)22;/h5-6,11H,3-4,7-10,12-14H2,1-2H3,(H2,23,25,26);1H. The van der Waals surface area contributed by atoms with E-state index in [0.717, 1.165) is 31.7 Å². The van der Waals surface area contributed by atoms with Crippen molar-refractivity contribution in [2.75, 3.05) is 33.4 Å². The monoisotopic (exact) mass is 530 g/mol. The number of methoxy groups -OCH3 is 1. The summed E-state index contributed by atoms with van der Waals surface area (Å²) in [7, 11) is 1.72. The molecule has 0 aromatic carbocycles. The Labute approximate surface area is 187 Å². The van der Waals surface area contributed by atoms with Gasteiger partial charge >= 0.3 is 6.18 Å².